The van der Waals surface area contributed by atoms with E-state index in [0.29, 0.717) is 5.75 Å². The van der Waals surface area contributed by atoms with Crippen LogP contribution < -0.4 is 4.74 Å². The van der Waals surface area contributed by atoms with Gasteiger partial charge in [0.25, 0.3) is 0 Å². The van der Waals surface area contributed by atoms with Crippen molar-refractivity contribution in [3.05, 3.63) is 30.3 Å². The van der Waals surface area contributed by atoms with Gasteiger partial charge in [-0.05, 0) is 25.0 Å². The average molecular weight is 192 g/mol. The van der Waals surface area contributed by atoms with E-state index in [4.69, 9.17) is 9.47 Å². The summed E-state index contributed by atoms with van der Waals surface area (Å²) in [7, 11) is 0. The molecule has 0 aromatic heterocycles. The highest BCUT2D eigenvalue weighted by Crippen LogP contribution is 2.23. The number of carbonyl (C=O) groups is 1. The normalized spacial score (nSPS) is 14.9. The molecule has 74 valence electrons. The highest BCUT2D eigenvalue weighted by atomic mass is 16.6. The van der Waals surface area contributed by atoms with Crippen molar-refractivity contribution in [3.8, 4) is 5.75 Å². The Morgan fingerprint density at radius 3 is 2.64 bits per heavy atom. The molecule has 1 aliphatic rings. The third-order valence-corrected chi connectivity index (χ3v) is 1.92. The summed E-state index contributed by atoms with van der Waals surface area (Å²) >= 11 is 0. The lowest BCUT2D eigenvalue weighted by atomic mass is 10.3. The van der Waals surface area contributed by atoms with E-state index in [1.807, 2.05) is 30.3 Å². The first-order valence-electron chi connectivity index (χ1n) is 4.72. The number of hydrogen-bond donors (Lipinski definition) is 0. The van der Waals surface area contributed by atoms with Gasteiger partial charge in [0.1, 0.15) is 11.9 Å². The number of benzene rings is 1. The van der Waals surface area contributed by atoms with Crippen molar-refractivity contribution in [2.24, 2.45) is 0 Å². The SMILES string of the molecule is O=C(COc1ccccc1)OC1CC1. The van der Waals surface area contributed by atoms with Gasteiger partial charge in [-0.2, -0.15) is 0 Å². The molecular formula is C11H12O3. The molecule has 14 heavy (non-hydrogen) atoms. The Hall–Kier alpha value is -1.51. The number of esters is 1. The summed E-state index contributed by atoms with van der Waals surface area (Å²) in [6, 6.07) is 9.24. The summed E-state index contributed by atoms with van der Waals surface area (Å²) < 4.78 is 10.2. The molecule has 0 saturated heterocycles. The van der Waals surface area contributed by atoms with Crippen LogP contribution in [0.25, 0.3) is 0 Å². The second kappa shape index (κ2) is 4.13. The molecule has 0 atom stereocenters. The maximum atomic E-state index is 11.1. The van der Waals surface area contributed by atoms with E-state index in [1.54, 1.807) is 0 Å². The van der Waals surface area contributed by atoms with Crippen LogP contribution in [0.15, 0.2) is 30.3 Å². The predicted molar refractivity (Wildman–Crippen MR) is 51.1 cm³/mol. The maximum Gasteiger partial charge on any atom is 0.344 e. The summed E-state index contributed by atoms with van der Waals surface area (Å²) in [5.74, 6) is 0.414. The molecule has 0 heterocycles. The third kappa shape index (κ3) is 2.76. The van der Waals surface area contributed by atoms with Crippen LogP contribution in [0.3, 0.4) is 0 Å². The highest BCUT2D eigenvalue weighted by molar-refractivity contribution is 5.71. The van der Waals surface area contributed by atoms with E-state index in [2.05, 4.69) is 0 Å². The predicted octanol–water partition coefficient (Wildman–Crippen LogP) is 1.77. The number of hydrogen-bond acceptors (Lipinski definition) is 3. The van der Waals surface area contributed by atoms with Gasteiger partial charge >= 0.3 is 5.97 Å². The zero-order chi connectivity index (χ0) is 9.80. The molecule has 0 spiro atoms. The minimum Gasteiger partial charge on any atom is -0.482 e. The minimum absolute atomic E-state index is 0.000509. The van der Waals surface area contributed by atoms with Crippen LogP contribution in [0.2, 0.25) is 0 Å². The van der Waals surface area contributed by atoms with E-state index in [9.17, 15) is 4.79 Å². The Morgan fingerprint density at radius 2 is 2.00 bits per heavy atom. The molecular weight excluding hydrogens is 180 g/mol. The average Bonchev–Trinajstić information content (AvgIpc) is 3.00. The molecule has 1 aromatic carbocycles. The van der Waals surface area contributed by atoms with Crippen molar-refractivity contribution in [3.63, 3.8) is 0 Å². The van der Waals surface area contributed by atoms with E-state index in [-0.39, 0.29) is 18.7 Å². The first kappa shape index (κ1) is 9.06. The molecule has 0 aliphatic heterocycles. The Kier molecular flexibility index (Phi) is 2.68. The van der Waals surface area contributed by atoms with E-state index in [0.717, 1.165) is 12.8 Å². The molecule has 0 bridgehead atoms. The van der Waals surface area contributed by atoms with Crippen molar-refractivity contribution < 1.29 is 14.3 Å². The zero-order valence-electron chi connectivity index (χ0n) is 7.81. The van der Waals surface area contributed by atoms with Gasteiger partial charge in [-0.15, -0.1) is 0 Å². The second-order valence-electron chi connectivity index (χ2n) is 3.29. The van der Waals surface area contributed by atoms with Gasteiger partial charge in [-0.1, -0.05) is 18.2 Å². The fraction of sp³-hybridized carbons (Fsp3) is 0.364. The largest absolute Gasteiger partial charge is 0.482 e. The summed E-state index contributed by atoms with van der Waals surface area (Å²) in [6.45, 7) is 0.000509. The fourth-order valence-corrected chi connectivity index (χ4v) is 1.06. The van der Waals surface area contributed by atoms with Crippen molar-refractivity contribution >= 4 is 5.97 Å². The Bertz CT molecular complexity index is 304. The van der Waals surface area contributed by atoms with E-state index in [1.165, 1.54) is 0 Å². The quantitative estimate of drug-likeness (QED) is 0.682. The van der Waals surface area contributed by atoms with Crippen LogP contribution in [0.4, 0.5) is 0 Å². The standard InChI is InChI=1S/C11H12O3/c12-11(14-10-6-7-10)8-13-9-4-2-1-3-5-9/h1-5,10H,6-8H2. The molecule has 2 rings (SSSR count). The lowest BCUT2D eigenvalue weighted by Crippen LogP contribution is -2.15. The van der Waals surface area contributed by atoms with Gasteiger partial charge in [0.2, 0.25) is 0 Å². The van der Waals surface area contributed by atoms with Gasteiger partial charge in [0.05, 0.1) is 0 Å². The highest BCUT2D eigenvalue weighted by Gasteiger charge is 2.25. The topological polar surface area (TPSA) is 35.5 Å². The van der Waals surface area contributed by atoms with Gasteiger partial charge in [0.15, 0.2) is 6.61 Å². The Balaban J connectivity index is 1.73. The van der Waals surface area contributed by atoms with Crippen molar-refractivity contribution in [2.45, 2.75) is 18.9 Å². The Morgan fingerprint density at radius 1 is 1.29 bits per heavy atom. The van der Waals surface area contributed by atoms with Crippen LogP contribution in [-0.4, -0.2) is 18.7 Å². The fourth-order valence-electron chi connectivity index (χ4n) is 1.06. The van der Waals surface area contributed by atoms with Crippen LogP contribution in [0, 0.1) is 0 Å². The summed E-state index contributed by atoms with van der Waals surface area (Å²) in [4.78, 5) is 11.1. The monoisotopic (exact) mass is 192 g/mol. The zero-order valence-corrected chi connectivity index (χ0v) is 7.81. The number of carbonyl (C=O) groups excluding carboxylic acids is 1. The summed E-state index contributed by atoms with van der Waals surface area (Å²) in [5, 5.41) is 0. The number of rotatable bonds is 4. The number of para-hydroxylation sites is 1. The van der Waals surface area contributed by atoms with Crippen molar-refractivity contribution in [2.75, 3.05) is 6.61 Å². The molecule has 0 radical (unpaired) electrons. The van der Waals surface area contributed by atoms with Crippen molar-refractivity contribution in [1.29, 1.82) is 0 Å². The van der Waals surface area contributed by atoms with Crippen LogP contribution in [0.5, 0.6) is 5.75 Å². The molecule has 1 saturated carbocycles. The molecule has 1 aliphatic carbocycles. The lowest BCUT2D eigenvalue weighted by Gasteiger charge is -2.05. The maximum absolute atomic E-state index is 11.1. The van der Waals surface area contributed by atoms with Gasteiger partial charge in [-0.3, -0.25) is 0 Å². The lowest BCUT2D eigenvalue weighted by molar-refractivity contribution is -0.147. The van der Waals surface area contributed by atoms with Gasteiger partial charge < -0.3 is 9.47 Å². The molecule has 0 N–H and O–H groups in total. The smallest absolute Gasteiger partial charge is 0.344 e. The van der Waals surface area contributed by atoms with E-state index < -0.39 is 0 Å². The summed E-state index contributed by atoms with van der Waals surface area (Å²) in [6.07, 6.45) is 2.15. The van der Waals surface area contributed by atoms with E-state index >= 15 is 0 Å². The molecule has 3 nitrogen and oxygen atoms in total. The van der Waals surface area contributed by atoms with Crippen LogP contribution in [0.1, 0.15) is 12.8 Å². The van der Waals surface area contributed by atoms with Crippen LogP contribution in [-0.2, 0) is 9.53 Å². The second-order valence-corrected chi connectivity index (χ2v) is 3.29. The Labute approximate surface area is 82.6 Å². The summed E-state index contributed by atoms with van der Waals surface area (Å²) in [5.41, 5.74) is 0. The molecule has 0 amide bonds. The molecule has 0 unspecified atom stereocenters. The van der Waals surface area contributed by atoms with Crippen LogP contribution >= 0.6 is 0 Å². The van der Waals surface area contributed by atoms with Gasteiger partial charge in [0, 0.05) is 0 Å². The number of ether oxygens (including phenoxy) is 2. The third-order valence-electron chi connectivity index (χ3n) is 1.92. The first-order chi connectivity index (χ1) is 6.84. The van der Waals surface area contributed by atoms with Crippen molar-refractivity contribution in [1.82, 2.24) is 0 Å². The molecule has 1 fully saturated rings. The minimum atomic E-state index is -0.281. The first-order valence-corrected chi connectivity index (χ1v) is 4.72. The molecule has 3 heteroatoms. The molecule has 1 aromatic rings. The van der Waals surface area contributed by atoms with Gasteiger partial charge in [-0.25, -0.2) is 4.79 Å².